The van der Waals surface area contributed by atoms with E-state index < -0.39 is 20.0 Å². The summed E-state index contributed by atoms with van der Waals surface area (Å²) < 4.78 is -1.79. The molecule has 0 radical (unpaired) electrons. The molecule has 108 valence electrons. The van der Waals surface area contributed by atoms with Crippen molar-refractivity contribution >= 4 is 40.5 Å². The molecule has 0 spiro atoms. The first-order chi connectivity index (χ1) is 9.15. The summed E-state index contributed by atoms with van der Waals surface area (Å²) in [6.45, 7) is 1.63. The first-order valence-electron chi connectivity index (χ1n) is 5.55. The van der Waals surface area contributed by atoms with Gasteiger partial charge in [-0.25, -0.2) is 4.99 Å². The number of aliphatic imine (C=N–C) groups is 1. The number of allylic oxidation sites excluding steroid dienone is 2. The van der Waals surface area contributed by atoms with E-state index in [2.05, 4.69) is 10.3 Å². The standard InChI is InChI=1S/C11H11Cl3N4O2/c1-5-9(15)17-6-3-4-10(12,13)8(18(19)20)7(6)11(5,14)16-2/h3-4,16H,15H2,1-2H3. The Hall–Kier alpha value is -1.08. The first-order valence-corrected chi connectivity index (χ1v) is 6.69. The highest BCUT2D eigenvalue weighted by Gasteiger charge is 2.52. The smallest absolute Gasteiger partial charge is 0.294 e. The van der Waals surface area contributed by atoms with E-state index >= 15 is 0 Å². The molecule has 20 heavy (non-hydrogen) atoms. The third-order valence-electron chi connectivity index (χ3n) is 3.27. The number of nitrogens with zero attached hydrogens (tertiary/aromatic N) is 2. The predicted molar refractivity (Wildman–Crippen MR) is 79.6 cm³/mol. The molecule has 3 N–H and O–H groups in total. The van der Waals surface area contributed by atoms with Gasteiger partial charge in [0.05, 0.1) is 16.2 Å². The lowest BCUT2D eigenvalue weighted by molar-refractivity contribution is -0.428. The first kappa shape index (κ1) is 15.3. The minimum Gasteiger partial charge on any atom is -0.384 e. The van der Waals surface area contributed by atoms with E-state index in [4.69, 9.17) is 40.5 Å². The molecule has 0 saturated heterocycles. The van der Waals surface area contributed by atoms with E-state index in [1.807, 2.05) is 0 Å². The van der Waals surface area contributed by atoms with Gasteiger partial charge < -0.3 is 5.73 Å². The Morgan fingerprint density at radius 2 is 2.05 bits per heavy atom. The van der Waals surface area contributed by atoms with Gasteiger partial charge in [-0.2, -0.15) is 0 Å². The van der Waals surface area contributed by atoms with E-state index in [1.54, 1.807) is 14.0 Å². The lowest BCUT2D eigenvalue weighted by Crippen LogP contribution is -2.49. The van der Waals surface area contributed by atoms with E-state index in [0.717, 1.165) is 0 Å². The number of hydrogen-bond acceptors (Lipinski definition) is 5. The molecule has 0 bridgehead atoms. The van der Waals surface area contributed by atoms with Crippen molar-refractivity contribution in [2.75, 3.05) is 7.05 Å². The second-order valence-corrected chi connectivity index (χ2v) is 6.31. The Kier molecular flexibility index (Phi) is 3.62. The number of hydrogen-bond donors (Lipinski definition) is 2. The van der Waals surface area contributed by atoms with Crippen molar-refractivity contribution in [2.45, 2.75) is 16.3 Å². The number of likely N-dealkylation sites (N-methyl/N-ethyl adjacent to an activating group) is 1. The largest absolute Gasteiger partial charge is 0.384 e. The molecule has 1 aliphatic carbocycles. The van der Waals surface area contributed by atoms with E-state index in [-0.39, 0.29) is 17.1 Å². The molecule has 2 aliphatic rings. The summed E-state index contributed by atoms with van der Waals surface area (Å²) in [6, 6.07) is 0. The summed E-state index contributed by atoms with van der Waals surface area (Å²) in [5, 5.41) is 14.2. The van der Waals surface area contributed by atoms with Crippen LogP contribution in [0, 0.1) is 10.1 Å². The van der Waals surface area contributed by atoms with Gasteiger partial charge in [0.1, 0.15) is 5.82 Å². The number of nitro groups is 1. The molecule has 0 aromatic carbocycles. The Labute approximate surface area is 130 Å². The van der Waals surface area contributed by atoms with Crippen molar-refractivity contribution in [1.29, 1.82) is 0 Å². The van der Waals surface area contributed by atoms with E-state index in [1.165, 1.54) is 12.2 Å². The maximum absolute atomic E-state index is 11.4. The zero-order valence-corrected chi connectivity index (χ0v) is 12.8. The number of nitrogens with two attached hydrogens (primary N) is 1. The van der Waals surface area contributed by atoms with E-state index in [0.29, 0.717) is 5.57 Å². The molecule has 0 amide bonds. The lowest BCUT2D eigenvalue weighted by Gasteiger charge is -2.36. The molecule has 0 aromatic heterocycles. The van der Waals surface area contributed by atoms with Crippen LogP contribution in [0.5, 0.6) is 0 Å². The summed E-state index contributed by atoms with van der Waals surface area (Å²) in [5.74, 6) is 0.192. The number of halogens is 3. The second-order valence-electron chi connectivity index (χ2n) is 4.35. The van der Waals surface area contributed by atoms with Gasteiger partial charge in [-0.1, -0.05) is 34.8 Å². The van der Waals surface area contributed by atoms with Crippen LogP contribution in [0.15, 0.2) is 39.8 Å². The van der Waals surface area contributed by atoms with Crippen LogP contribution >= 0.6 is 34.8 Å². The van der Waals surface area contributed by atoms with E-state index in [9.17, 15) is 10.1 Å². The van der Waals surface area contributed by atoms with Crippen molar-refractivity contribution in [3.8, 4) is 0 Å². The fraction of sp³-hybridized carbons (Fsp3) is 0.364. The van der Waals surface area contributed by atoms with Gasteiger partial charge in [0.25, 0.3) is 5.70 Å². The number of alkyl halides is 3. The fourth-order valence-electron chi connectivity index (χ4n) is 2.17. The molecule has 6 nitrogen and oxygen atoms in total. The molecule has 0 aromatic rings. The fourth-order valence-corrected chi connectivity index (χ4v) is 2.91. The van der Waals surface area contributed by atoms with Crippen molar-refractivity contribution in [3.05, 3.63) is 44.9 Å². The monoisotopic (exact) mass is 336 g/mol. The van der Waals surface area contributed by atoms with Crippen molar-refractivity contribution in [2.24, 2.45) is 10.7 Å². The van der Waals surface area contributed by atoms with Gasteiger partial charge >= 0.3 is 0 Å². The minimum atomic E-state index is -1.79. The molecule has 1 atom stereocenters. The van der Waals surface area contributed by atoms with Crippen LogP contribution in [-0.4, -0.2) is 27.0 Å². The molecule has 1 unspecified atom stereocenters. The molecule has 9 heteroatoms. The zero-order valence-electron chi connectivity index (χ0n) is 10.6. The quantitative estimate of drug-likeness (QED) is 0.349. The molecular weight excluding hydrogens is 327 g/mol. The van der Waals surface area contributed by atoms with Crippen LogP contribution in [0.4, 0.5) is 0 Å². The van der Waals surface area contributed by atoms with Crippen molar-refractivity contribution in [1.82, 2.24) is 5.32 Å². The Bertz CT molecular complexity index is 621. The Balaban J connectivity index is 2.85. The predicted octanol–water partition coefficient (Wildman–Crippen LogP) is 2.06. The van der Waals surface area contributed by atoms with Gasteiger partial charge in [-0.15, -0.1) is 0 Å². The van der Waals surface area contributed by atoms with Gasteiger partial charge in [0.2, 0.25) is 4.33 Å². The average Bonchev–Trinajstić information content (AvgIpc) is 2.36. The van der Waals surface area contributed by atoms with Gasteiger partial charge in [0.15, 0.2) is 5.00 Å². The van der Waals surface area contributed by atoms with Crippen LogP contribution in [-0.2, 0) is 0 Å². The highest BCUT2D eigenvalue weighted by molar-refractivity contribution is 6.53. The Morgan fingerprint density at radius 1 is 1.45 bits per heavy atom. The topological polar surface area (TPSA) is 93.5 Å². The summed E-state index contributed by atoms with van der Waals surface area (Å²) in [7, 11) is 1.56. The molecule has 1 heterocycles. The highest BCUT2D eigenvalue weighted by atomic mass is 35.5. The highest BCUT2D eigenvalue weighted by Crippen LogP contribution is 2.46. The van der Waals surface area contributed by atoms with Crippen LogP contribution in [0.25, 0.3) is 0 Å². The number of rotatable bonds is 2. The molecule has 1 aliphatic heterocycles. The third kappa shape index (κ3) is 2.03. The minimum absolute atomic E-state index is 0.103. The Morgan fingerprint density at radius 3 is 2.55 bits per heavy atom. The molecule has 2 rings (SSSR count). The maximum atomic E-state index is 11.4. The zero-order chi connectivity index (χ0) is 15.3. The summed E-state index contributed by atoms with van der Waals surface area (Å²) in [4.78, 5) is 13.4. The van der Waals surface area contributed by atoms with Gasteiger partial charge in [-0.3, -0.25) is 15.4 Å². The van der Waals surface area contributed by atoms with Crippen LogP contribution in [0.2, 0.25) is 0 Å². The summed E-state index contributed by atoms with van der Waals surface area (Å²) >= 11 is 18.5. The number of nitrogens with one attached hydrogen (secondary N) is 1. The van der Waals surface area contributed by atoms with Gasteiger partial charge in [-0.05, 0) is 26.1 Å². The summed E-state index contributed by atoms with van der Waals surface area (Å²) in [5.41, 5.74) is 6.18. The third-order valence-corrected chi connectivity index (χ3v) is 4.54. The van der Waals surface area contributed by atoms with Crippen LogP contribution in [0.3, 0.4) is 0 Å². The normalized spacial score (nSPS) is 28.4. The molecule has 0 fully saturated rings. The van der Waals surface area contributed by atoms with Crippen molar-refractivity contribution < 1.29 is 4.92 Å². The maximum Gasteiger partial charge on any atom is 0.294 e. The number of fused-ring (bicyclic) bond motifs is 1. The lowest BCUT2D eigenvalue weighted by atomic mass is 9.86. The average molecular weight is 338 g/mol. The van der Waals surface area contributed by atoms with Crippen LogP contribution < -0.4 is 11.1 Å². The SMILES string of the molecule is CNC1(Cl)C(C)=C(N)N=C2C=CC(Cl)(Cl)C([N+](=O)[O-])=C21. The summed E-state index contributed by atoms with van der Waals surface area (Å²) in [6.07, 6.45) is 2.74. The molecular formula is C11H11Cl3N4O2. The van der Waals surface area contributed by atoms with Crippen molar-refractivity contribution in [3.63, 3.8) is 0 Å². The second kappa shape index (κ2) is 4.73. The molecule has 0 saturated carbocycles. The van der Waals surface area contributed by atoms with Crippen LogP contribution in [0.1, 0.15) is 6.92 Å². The van der Waals surface area contributed by atoms with Gasteiger partial charge in [0, 0.05) is 5.57 Å².